The van der Waals surface area contributed by atoms with Gasteiger partial charge in [-0.15, -0.1) is 0 Å². The summed E-state index contributed by atoms with van der Waals surface area (Å²) >= 11 is 0. The van der Waals surface area contributed by atoms with Crippen molar-refractivity contribution in [2.45, 2.75) is 31.8 Å². The Kier molecular flexibility index (Phi) is 3.24. The van der Waals surface area contributed by atoms with Crippen molar-refractivity contribution in [2.24, 2.45) is 11.7 Å². The molecule has 1 saturated heterocycles. The Balaban J connectivity index is 2.64. The molecule has 0 aliphatic carbocycles. The van der Waals surface area contributed by atoms with Crippen LogP contribution in [0.4, 0.5) is 0 Å². The van der Waals surface area contributed by atoms with Gasteiger partial charge in [-0.3, -0.25) is 4.79 Å². The third-order valence-corrected chi connectivity index (χ3v) is 2.35. The van der Waals surface area contributed by atoms with Gasteiger partial charge in [0, 0.05) is 19.6 Å². The maximum Gasteiger partial charge on any atom is 0.310 e. The van der Waals surface area contributed by atoms with Crippen LogP contribution in [0.3, 0.4) is 0 Å². The van der Waals surface area contributed by atoms with E-state index in [-0.39, 0.29) is 6.29 Å². The minimum absolute atomic E-state index is 0.374. The first-order chi connectivity index (χ1) is 6.06. The highest BCUT2D eigenvalue weighted by Gasteiger charge is 2.39. The molecule has 0 spiro atoms. The molecule has 0 aromatic carbocycles. The molecule has 5 nitrogen and oxygen atoms in total. The predicted octanol–water partition coefficient (Wildman–Crippen LogP) is -0.204. The summed E-state index contributed by atoms with van der Waals surface area (Å²) in [5, 5.41) is 8.84. The van der Waals surface area contributed by atoms with Gasteiger partial charge in [0.1, 0.15) is 0 Å². The zero-order valence-corrected chi connectivity index (χ0v) is 7.77. The molecule has 4 atom stereocenters. The highest BCUT2D eigenvalue weighted by molar-refractivity contribution is 5.71. The molecule has 0 bridgehead atoms. The summed E-state index contributed by atoms with van der Waals surface area (Å²) < 4.78 is 10.3. The zero-order valence-electron chi connectivity index (χ0n) is 7.77. The van der Waals surface area contributed by atoms with Crippen LogP contribution >= 0.6 is 0 Å². The monoisotopic (exact) mass is 189 g/mol. The molecule has 0 aromatic heterocycles. The number of hydrogen-bond acceptors (Lipinski definition) is 4. The van der Waals surface area contributed by atoms with Gasteiger partial charge in [0.15, 0.2) is 6.29 Å². The minimum atomic E-state index is -0.908. The molecule has 0 saturated carbocycles. The van der Waals surface area contributed by atoms with Crippen LogP contribution in [0, 0.1) is 5.92 Å². The quantitative estimate of drug-likeness (QED) is 0.628. The molecule has 1 aliphatic rings. The summed E-state index contributed by atoms with van der Waals surface area (Å²) in [6.07, 6.45) is -0.343. The number of methoxy groups -OCH3 is 1. The minimum Gasteiger partial charge on any atom is -0.481 e. The molecule has 0 unspecified atom stereocenters. The van der Waals surface area contributed by atoms with Gasteiger partial charge in [-0.2, -0.15) is 0 Å². The first-order valence-corrected chi connectivity index (χ1v) is 4.23. The van der Waals surface area contributed by atoms with Crippen molar-refractivity contribution in [1.82, 2.24) is 0 Å². The van der Waals surface area contributed by atoms with Crippen LogP contribution in [-0.4, -0.2) is 36.6 Å². The van der Waals surface area contributed by atoms with Crippen molar-refractivity contribution in [3.05, 3.63) is 0 Å². The summed E-state index contributed by atoms with van der Waals surface area (Å²) in [6.45, 7) is 1.70. The van der Waals surface area contributed by atoms with E-state index >= 15 is 0 Å². The van der Waals surface area contributed by atoms with Gasteiger partial charge in [-0.25, -0.2) is 0 Å². The Labute approximate surface area is 76.8 Å². The molecule has 1 heterocycles. The fourth-order valence-corrected chi connectivity index (χ4v) is 1.63. The van der Waals surface area contributed by atoms with E-state index in [4.69, 9.17) is 20.3 Å². The SMILES string of the molecule is CO[C@H]1C[C@@H](N)[C@@H](C(=O)O)[C@H](C)O1. The molecule has 5 heteroatoms. The van der Waals surface area contributed by atoms with Crippen LogP contribution in [0.2, 0.25) is 0 Å². The first kappa shape index (κ1) is 10.4. The molecule has 0 radical (unpaired) electrons. The van der Waals surface area contributed by atoms with Crippen molar-refractivity contribution in [1.29, 1.82) is 0 Å². The van der Waals surface area contributed by atoms with Gasteiger partial charge >= 0.3 is 5.97 Å². The van der Waals surface area contributed by atoms with Gasteiger partial charge in [0.25, 0.3) is 0 Å². The van der Waals surface area contributed by atoms with E-state index in [0.717, 1.165) is 0 Å². The van der Waals surface area contributed by atoms with Crippen LogP contribution in [0.15, 0.2) is 0 Å². The molecule has 1 aliphatic heterocycles. The summed E-state index contributed by atoms with van der Waals surface area (Å²) in [4.78, 5) is 10.8. The largest absolute Gasteiger partial charge is 0.481 e. The number of nitrogens with two attached hydrogens (primary N) is 1. The molecule has 1 fully saturated rings. The lowest BCUT2D eigenvalue weighted by atomic mass is 9.90. The Hall–Kier alpha value is -0.650. The highest BCUT2D eigenvalue weighted by atomic mass is 16.7. The van der Waals surface area contributed by atoms with Crippen molar-refractivity contribution in [3.8, 4) is 0 Å². The first-order valence-electron chi connectivity index (χ1n) is 4.23. The molecule has 0 aromatic rings. The Morgan fingerprint density at radius 1 is 1.69 bits per heavy atom. The predicted molar refractivity (Wildman–Crippen MR) is 45.1 cm³/mol. The lowest BCUT2D eigenvalue weighted by Gasteiger charge is -2.35. The smallest absolute Gasteiger partial charge is 0.310 e. The average Bonchev–Trinajstić information content (AvgIpc) is 2.02. The maximum atomic E-state index is 10.8. The molecule has 0 amide bonds. The van der Waals surface area contributed by atoms with Crippen LogP contribution in [0.25, 0.3) is 0 Å². The van der Waals surface area contributed by atoms with E-state index < -0.39 is 24.0 Å². The van der Waals surface area contributed by atoms with Crippen LogP contribution in [0.5, 0.6) is 0 Å². The van der Waals surface area contributed by atoms with Gasteiger partial charge in [0.2, 0.25) is 0 Å². The zero-order chi connectivity index (χ0) is 10.0. The maximum absolute atomic E-state index is 10.8. The molecular weight excluding hydrogens is 174 g/mol. The Bertz CT molecular complexity index is 185. The highest BCUT2D eigenvalue weighted by Crippen LogP contribution is 2.24. The fraction of sp³-hybridized carbons (Fsp3) is 0.875. The third-order valence-electron chi connectivity index (χ3n) is 2.35. The van der Waals surface area contributed by atoms with E-state index in [2.05, 4.69) is 0 Å². The van der Waals surface area contributed by atoms with Crippen molar-refractivity contribution in [3.63, 3.8) is 0 Å². The number of carboxylic acids is 1. The standard InChI is InChI=1S/C8H15NO4/c1-4-7(8(10)11)5(9)3-6(12-2)13-4/h4-7H,3,9H2,1-2H3,(H,10,11)/t4-,5+,6+,7-/m0/s1. The van der Waals surface area contributed by atoms with E-state index in [0.29, 0.717) is 6.42 Å². The normalized spacial score (nSPS) is 40.2. The van der Waals surface area contributed by atoms with Crippen LogP contribution < -0.4 is 5.73 Å². The number of ether oxygens (including phenoxy) is 2. The number of carboxylic acid groups (broad SMARTS) is 1. The van der Waals surface area contributed by atoms with Crippen molar-refractivity contribution >= 4 is 5.97 Å². The molecule has 1 rings (SSSR count). The van der Waals surface area contributed by atoms with Crippen molar-refractivity contribution in [2.75, 3.05) is 7.11 Å². The number of rotatable bonds is 2. The Morgan fingerprint density at radius 3 is 2.69 bits per heavy atom. The second kappa shape index (κ2) is 4.04. The molecule has 13 heavy (non-hydrogen) atoms. The lowest BCUT2D eigenvalue weighted by molar-refractivity contribution is -0.203. The number of carbonyl (C=O) groups is 1. The summed E-state index contributed by atoms with van der Waals surface area (Å²) in [5.74, 6) is -1.54. The van der Waals surface area contributed by atoms with E-state index in [1.165, 1.54) is 7.11 Å². The summed E-state index contributed by atoms with van der Waals surface area (Å²) in [5.41, 5.74) is 5.70. The van der Waals surface area contributed by atoms with Crippen LogP contribution in [0.1, 0.15) is 13.3 Å². The van der Waals surface area contributed by atoms with Crippen LogP contribution in [-0.2, 0) is 14.3 Å². The van der Waals surface area contributed by atoms with E-state index in [1.807, 2.05) is 0 Å². The second-order valence-electron chi connectivity index (χ2n) is 3.27. The molecular formula is C8H15NO4. The third kappa shape index (κ3) is 2.18. The number of aliphatic carboxylic acids is 1. The van der Waals surface area contributed by atoms with E-state index in [9.17, 15) is 4.79 Å². The second-order valence-corrected chi connectivity index (χ2v) is 3.27. The topological polar surface area (TPSA) is 81.8 Å². The summed E-state index contributed by atoms with van der Waals surface area (Å²) in [6, 6.07) is -0.397. The number of hydrogen-bond donors (Lipinski definition) is 2. The van der Waals surface area contributed by atoms with Gasteiger partial charge in [0.05, 0.1) is 12.0 Å². The summed E-state index contributed by atoms with van der Waals surface area (Å²) in [7, 11) is 1.52. The van der Waals surface area contributed by atoms with E-state index in [1.54, 1.807) is 6.92 Å². The van der Waals surface area contributed by atoms with Gasteiger partial charge in [-0.1, -0.05) is 0 Å². The Morgan fingerprint density at radius 2 is 2.31 bits per heavy atom. The lowest BCUT2D eigenvalue weighted by Crippen LogP contribution is -2.51. The van der Waals surface area contributed by atoms with Crippen molar-refractivity contribution < 1.29 is 19.4 Å². The fourth-order valence-electron chi connectivity index (χ4n) is 1.63. The average molecular weight is 189 g/mol. The van der Waals surface area contributed by atoms with Gasteiger partial charge < -0.3 is 20.3 Å². The molecule has 76 valence electrons. The van der Waals surface area contributed by atoms with Gasteiger partial charge in [-0.05, 0) is 6.92 Å². The molecule has 3 N–H and O–H groups in total.